The number of aliphatic hydroxyl groups excluding tert-OH is 2. The van der Waals surface area contributed by atoms with Gasteiger partial charge in [0.25, 0.3) is 0 Å². The molecule has 0 saturated heterocycles. The predicted octanol–water partition coefficient (Wildman–Crippen LogP) is 2.91. The number of hydrogen-bond donors (Lipinski definition) is 6. The molecule has 2 aromatic rings. The number of allylic oxidation sites excluding steroid dienone is 2. The first-order valence-electron chi connectivity index (χ1n) is 9.30. The van der Waals surface area contributed by atoms with Crippen LogP contribution >= 0.6 is 0 Å². The molecule has 2 aromatic carbocycles. The second kappa shape index (κ2) is 8.38. The van der Waals surface area contributed by atoms with Crippen LogP contribution in [0, 0.1) is 0 Å². The smallest absolute Gasteiger partial charge is 0.220 e. The van der Waals surface area contributed by atoms with E-state index in [1.807, 2.05) is 6.92 Å². The van der Waals surface area contributed by atoms with Crippen molar-refractivity contribution in [2.24, 2.45) is 0 Å². The summed E-state index contributed by atoms with van der Waals surface area (Å²) in [7, 11) is 0. The Balaban J connectivity index is 2.11. The van der Waals surface area contributed by atoms with E-state index in [4.69, 9.17) is 4.74 Å². The van der Waals surface area contributed by atoms with E-state index in [1.165, 1.54) is 18.2 Å². The molecule has 0 bridgehead atoms. The molecule has 1 unspecified atom stereocenters. The lowest BCUT2D eigenvalue weighted by atomic mass is 9.90. The SMILES string of the molecule is CCCc1cc(O)cc(O)c1C(=O)c1c(O)cc(O)cc1CC1=CC(O)=CC(O)O1. The number of rotatable bonds is 6. The number of phenols is 4. The zero-order valence-electron chi connectivity index (χ0n) is 16.2. The number of aromatic hydroxyl groups is 4. The van der Waals surface area contributed by atoms with Crippen LogP contribution in [0.2, 0.25) is 0 Å². The van der Waals surface area contributed by atoms with Crippen LogP contribution in [0.1, 0.15) is 40.4 Å². The number of ether oxygens (including phenoxy) is 1. The predicted molar refractivity (Wildman–Crippen MR) is 107 cm³/mol. The minimum absolute atomic E-state index is 0.0711. The molecule has 8 heteroatoms. The first-order valence-corrected chi connectivity index (χ1v) is 9.30. The van der Waals surface area contributed by atoms with Gasteiger partial charge >= 0.3 is 0 Å². The number of carbonyl (C=O) groups excluding carboxylic acids is 1. The molecule has 0 aromatic heterocycles. The summed E-state index contributed by atoms with van der Waals surface area (Å²) in [5.41, 5.74) is 0.306. The van der Waals surface area contributed by atoms with Gasteiger partial charge in [0, 0.05) is 30.7 Å². The quantitative estimate of drug-likeness (QED) is 0.395. The Morgan fingerprint density at radius 1 is 0.933 bits per heavy atom. The molecule has 1 heterocycles. The molecule has 0 radical (unpaired) electrons. The molecule has 0 spiro atoms. The molecular weight excluding hydrogens is 392 g/mol. The number of hydrogen-bond acceptors (Lipinski definition) is 8. The van der Waals surface area contributed by atoms with Crippen molar-refractivity contribution in [2.75, 3.05) is 0 Å². The van der Waals surface area contributed by atoms with Crippen molar-refractivity contribution in [2.45, 2.75) is 32.5 Å². The highest BCUT2D eigenvalue weighted by Crippen LogP contribution is 2.36. The summed E-state index contributed by atoms with van der Waals surface area (Å²) in [4.78, 5) is 13.3. The average Bonchev–Trinajstić information content (AvgIpc) is 2.59. The summed E-state index contributed by atoms with van der Waals surface area (Å²) in [6.45, 7) is 1.87. The number of aliphatic hydroxyl groups is 2. The summed E-state index contributed by atoms with van der Waals surface area (Å²) >= 11 is 0. The van der Waals surface area contributed by atoms with E-state index < -0.39 is 23.6 Å². The largest absolute Gasteiger partial charge is 0.508 e. The van der Waals surface area contributed by atoms with Gasteiger partial charge < -0.3 is 35.4 Å². The topological polar surface area (TPSA) is 148 Å². The highest BCUT2D eigenvalue weighted by atomic mass is 16.6. The van der Waals surface area contributed by atoms with E-state index in [1.54, 1.807) is 0 Å². The maximum atomic E-state index is 13.3. The van der Waals surface area contributed by atoms with E-state index in [0.29, 0.717) is 18.4 Å². The molecule has 30 heavy (non-hydrogen) atoms. The molecular formula is C22H22O8. The molecule has 0 amide bonds. The molecule has 0 saturated carbocycles. The fourth-order valence-corrected chi connectivity index (χ4v) is 3.46. The summed E-state index contributed by atoms with van der Waals surface area (Å²) in [6, 6.07) is 4.65. The van der Waals surface area contributed by atoms with Crippen LogP contribution in [0.15, 0.2) is 47.9 Å². The van der Waals surface area contributed by atoms with Gasteiger partial charge in [-0.2, -0.15) is 0 Å². The Morgan fingerprint density at radius 3 is 2.07 bits per heavy atom. The van der Waals surface area contributed by atoms with Crippen molar-refractivity contribution in [1.82, 2.24) is 0 Å². The molecule has 1 atom stereocenters. The van der Waals surface area contributed by atoms with Crippen molar-refractivity contribution in [1.29, 1.82) is 0 Å². The van der Waals surface area contributed by atoms with Gasteiger partial charge in [-0.05, 0) is 29.7 Å². The van der Waals surface area contributed by atoms with Gasteiger partial charge in [0.05, 0.1) is 11.1 Å². The van der Waals surface area contributed by atoms with Crippen LogP contribution in [0.5, 0.6) is 23.0 Å². The lowest BCUT2D eigenvalue weighted by molar-refractivity contribution is -0.0343. The molecule has 0 fully saturated rings. The van der Waals surface area contributed by atoms with Gasteiger partial charge in [-0.25, -0.2) is 0 Å². The van der Waals surface area contributed by atoms with Gasteiger partial charge in [0.15, 0.2) is 0 Å². The fourth-order valence-electron chi connectivity index (χ4n) is 3.46. The Morgan fingerprint density at radius 2 is 1.50 bits per heavy atom. The molecule has 1 aliphatic heterocycles. The van der Waals surface area contributed by atoms with Crippen molar-refractivity contribution in [3.05, 3.63) is 70.2 Å². The third kappa shape index (κ3) is 4.33. The first kappa shape index (κ1) is 21.1. The van der Waals surface area contributed by atoms with Crippen LogP contribution in [-0.2, 0) is 17.6 Å². The van der Waals surface area contributed by atoms with Crippen molar-refractivity contribution < 1.29 is 40.2 Å². The van der Waals surface area contributed by atoms with E-state index in [-0.39, 0.29) is 46.1 Å². The molecule has 3 rings (SSSR count). The van der Waals surface area contributed by atoms with Crippen molar-refractivity contribution >= 4 is 5.78 Å². The molecule has 1 aliphatic rings. The number of carbonyl (C=O) groups is 1. The number of phenolic OH excluding ortho intramolecular Hbond substituents is 4. The monoisotopic (exact) mass is 414 g/mol. The van der Waals surface area contributed by atoms with Gasteiger partial charge in [-0.1, -0.05) is 13.3 Å². The van der Waals surface area contributed by atoms with E-state index in [9.17, 15) is 35.4 Å². The standard InChI is InChI=1S/C22H22O8/c1-2-3-11-4-13(23)8-17(26)20(11)22(29)21-12(5-14(24)9-18(21)27)6-16-7-15(25)10-19(28)30-16/h4-5,7-10,19,23-28H,2-3,6H2,1H3. The second-order valence-corrected chi connectivity index (χ2v) is 6.96. The number of benzene rings is 2. The van der Waals surface area contributed by atoms with Crippen molar-refractivity contribution in [3.63, 3.8) is 0 Å². The van der Waals surface area contributed by atoms with E-state index >= 15 is 0 Å². The summed E-state index contributed by atoms with van der Waals surface area (Å²) in [5, 5.41) is 59.7. The number of ketones is 1. The molecule has 6 N–H and O–H groups in total. The normalized spacial score (nSPS) is 15.9. The minimum Gasteiger partial charge on any atom is -0.508 e. The summed E-state index contributed by atoms with van der Waals surface area (Å²) < 4.78 is 5.21. The van der Waals surface area contributed by atoms with Gasteiger partial charge in [0.1, 0.15) is 34.5 Å². The lowest BCUT2D eigenvalue weighted by Gasteiger charge is -2.20. The zero-order valence-corrected chi connectivity index (χ0v) is 16.2. The minimum atomic E-state index is -1.38. The summed E-state index contributed by atoms with van der Waals surface area (Å²) in [5.74, 6) is -2.29. The van der Waals surface area contributed by atoms with Crippen LogP contribution in [0.3, 0.4) is 0 Å². The second-order valence-electron chi connectivity index (χ2n) is 6.96. The van der Waals surface area contributed by atoms with E-state index in [2.05, 4.69) is 0 Å². The molecule has 8 nitrogen and oxygen atoms in total. The van der Waals surface area contributed by atoms with Crippen LogP contribution in [0.4, 0.5) is 0 Å². The lowest BCUT2D eigenvalue weighted by Crippen LogP contribution is -2.16. The third-order valence-corrected chi connectivity index (χ3v) is 4.60. The third-order valence-electron chi connectivity index (χ3n) is 4.60. The number of aryl methyl sites for hydroxylation is 1. The highest BCUT2D eigenvalue weighted by molar-refractivity contribution is 6.14. The van der Waals surface area contributed by atoms with Gasteiger partial charge in [-0.15, -0.1) is 0 Å². The average molecular weight is 414 g/mol. The molecule has 158 valence electrons. The highest BCUT2D eigenvalue weighted by Gasteiger charge is 2.26. The first-order chi connectivity index (χ1) is 14.2. The fraction of sp³-hybridized carbons (Fsp3) is 0.227. The maximum absolute atomic E-state index is 13.3. The molecule has 0 aliphatic carbocycles. The van der Waals surface area contributed by atoms with E-state index in [0.717, 1.165) is 18.2 Å². The zero-order chi connectivity index (χ0) is 22.0. The van der Waals surface area contributed by atoms with Gasteiger partial charge in [0.2, 0.25) is 12.1 Å². The Kier molecular flexibility index (Phi) is 5.89. The Bertz CT molecular complexity index is 1050. The van der Waals surface area contributed by atoms with Gasteiger partial charge in [-0.3, -0.25) is 4.79 Å². The van der Waals surface area contributed by atoms with Crippen LogP contribution < -0.4 is 0 Å². The Labute approximate surface area is 172 Å². The van der Waals surface area contributed by atoms with Crippen LogP contribution in [-0.4, -0.2) is 42.7 Å². The maximum Gasteiger partial charge on any atom is 0.220 e. The van der Waals surface area contributed by atoms with Crippen LogP contribution in [0.25, 0.3) is 0 Å². The summed E-state index contributed by atoms with van der Waals surface area (Å²) in [6.07, 6.45) is 1.83. The Hall–Kier alpha value is -3.65. The van der Waals surface area contributed by atoms with Crippen molar-refractivity contribution in [3.8, 4) is 23.0 Å².